The minimum Gasteiger partial charge on any atom is -0.391 e. The third kappa shape index (κ3) is 4.15. The Labute approximate surface area is 172 Å². The zero-order valence-electron chi connectivity index (χ0n) is 17.2. The minimum absolute atomic E-state index is 0.0206. The third-order valence-corrected chi connectivity index (χ3v) is 6.39. The molecule has 5 nitrogen and oxygen atoms in total. The zero-order valence-corrected chi connectivity index (χ0v) is 17.2. The first kappa shape index (κ1) is 19.9. The molecule has 1 aromatic carbocycles. The number of nitrogens with zero attached hydrogens (tertiary/aromatic N) is 2. The zero-order chi connectivity index (χ0) is 20.4. The number of fused-ring (bicyclic) bond motifs is 1. The summed E-state index contributed by atoms with van der Waals surface area (Å²) in [5, 5.41) is 9.75. The van der Waals surface area contributed by atoms with Gasteiger partial charge in [0.15, 0.2) is 5.78 Å². The highest BCUT2D eigenvalue weighted by molar-refractivity contribution is 6.01. The van der Waals surface area contributed by atoms with Gasteiger partial charge in [-0.05, 0) is 50.2 Å². The fourth-order valence-electron chi connectivity index (χ4n) is 4.82. The Morgan fingerprint density at radius 2 is 2.00 bits per heavy atom. The average molecular weight is 395 g/mol. The van der Waals surface area contributed by atoms with Crippen LogP contribution in [0.15, 0.2) is 30.3 Å². The summed E-state index contributed by atoms with van der Waals surface area (Å²) in [7, 11) is 0. The molecule has 4 rings (SSSR count). The maximum absolute atomic E-state index is 12.8. The van der Waals surface area contributed by atoms with E-state index in [9.17, 15) is 14.7 Å². The van der Waals surface area contributed by atoms with Crippen LogP contribution in [0.1, 0.15) is 58.6 Å². The van der Waals surface area contributed by atoms with Crippen molar-refractivity contribution < 1.29 is 14.7 Å². The molecule has 1 aliphatic carbocycles. The number of hydrogen-bond acceptors (Lipinski definition) is 3. The van der Waals surface area contributed by atoms with E-state index < -0.39 is 6.10 Å². The number of rotatable bonds is 6. The fourth-order valence-corrected chi connectivity index (χ4v) is 4.82. The molecule has 0 spiro atoms. The summed E-state index contributed by atoms with van der Waals surface area (Å²) < 4.78 is 2.29. The van der Waals surface area contributed by atoms with Crippen molar-refractivity contribution in [3.8, 4) is 0 Å². The van der Waals surface area contributed by atoms with E-state index in [2.05, 4.69) is 35.8 Å². The van der Waals surface area contributed by atoms with Crippen molar-refractivity contribution in [3.05, 3.63) is 58.4 Å². The van der Waals surface area contributed by atoms with E-state index in [0.717, 1.165) is 54.7 Å². The molecular formula is C24H30N2O3. The first-order valence-corrected chi connectivity index (χ1v) is 10.8. The lowest BCUT2D eigenvalue weighted by Crippen LogP contribution is -2.31. The quantitative estimate of drug-likeness (QED) is 0.819. The summed E-state index contributed by atoms with van der Waals surface area (Å²) in [4.78, 5) is 27.3. The molecule has 1 fully saturated rings. The van der Waals surface area contributed by atoms with Crippen LogP contribution < -0.4 is 0 Å². The van der Waals surface area contributed by atoms with Crippen LogP contribution in [-0.4, -0.2) is 45.5 Å². The first-order valence-electron chi connectivity index (χ1n) is 10.8. The van der Waals surface area contributed by atoms with Gasteiger partial charge in [-0.15, -0.1) is 0 Å². The van der Waals surface area contributed by atoms with Crippen molar-refractivity contribution in [1.82, 2.24) is 9.47 Å². The fraction of sp³-hybridized carbons (Fsp3) is 0.500. The van der Waals surface area contributed by atoms with Crippen LogP contribution in [0.3, 0.4) is 0 Å². The maximum Gasteiger partial charge on any atom is 0.227 e. The summed E-state index contributed by atoms with van der Waals surface area (Å²) in [6.07, 6.45) is 4.86. The van der Waals surface area contributed by atoms with Crippen molar-refractivity contribution >= 4 is 11.7 Å². The highest BCUT2D eigenvalue weighted by Gasteiger charge is 2.31. The van der Waals surface area contributed by atoms with Crippen LogP contribution in [0, 0.1) is 6.92 Å². The number of aromatic nitrogens is 1. The van der Waals surface area contributed by atoms with Gasteiger partial charge >= 0.3 is 0 Å². The van der Waals surface area contributed by atoms with E-state index in [1.54, 1.807) is 4.90 Å². The SMILES string of the molecule is Cc1c(CC(=O)N2CC[C@@H](O)C2)c2c(n1CCCc1ccccc1)CCCC2=O. The van der Waals surface area contributed by atoms with Gasteiger partial charge in [0.25, 0.3) is 0 Å². The first-order chi connectivity index (χ1) is 14.0. The molecule has 1 saturated heterocycles. The molecule has 1 atom stereocenters. The van der Waals surface area contributed by atoms with Crippen LogP contribution in [0.5, 0.6) is 0 Å². The Balaban J connectivity index is 1.55. The van der Waals surface area contributed by atoms with Crippen LogP contribution >= 0.6 is 0 Å². The summed E-state index contributed by atoms with van der Waals surface area (Å²) in [6, 6.07) is 10.5. The van der Waals surface area contributed by atoms with Crippen molar-refractivity contribution in [3.63, 3.8) is 0 Å². The lowest BCUT2D eigenvalue weighted by atomic mass is 9.92. The molecule has 0 saturated carbocycles. The number of carbonyl (C=O) groups is 2. The predicted molar refractivity (Wildman–Crippen MR) is 112 cm³/mol. The van der Waals surface area contributed by atoms with Gasteiger partial charge in [0.05, 0.1) is 12.5 Å². The van der Waals surface area contributed by atoms with Crippen LogP contribution in [0.2, 0.25) is 0 Å². The molecule has 1 aromatic heterocycles. The van der Waals surface area contributed by atoms with Gasteiger partial charge < -0.3 is 14.6 Å². The van der Waals surface area contributed by atoms with Gasteiger partial charge in [0, 0.05) is 43.0 Å². The highest BCUT2D eigenvalue weighted by Crippen LogP contribution is 2.31. The van der Waals surface area contributed by atoms with Crippen LogP contribution in [0.4, 0.5) is 0 Å². The Morgan fingerprint density at radius 3 is 2.72 bits per heavy atom. The minimum atomic E-state index is -0.418. The Morgan fingerprint density at radius 1 is 1.21 bits per heavy atom. The standard InChI is InChI=1S/C24H30N2O3/c1-17-20(15-23(29)25-14-12-19(27)16-25)24-21(10-5-11-22(24)28)26(17)13-6-9-18-7-3-2-4-8-18/h2-4,7-8,19,27H,5-6,9-16H2,1H3/t19-/m1/s1. The molecule has 2 aliphatic rings. The molecule has 0 unspecified atom stereocenters. The van der Waals surface area contributed by atoms with Gasteiger partial charge in [-0.2, -0.15) is 0 Å². The van der Waals surface area contributed by atoms with Crippen LogP contribution in [-0.2, 0) is 30.6 Å². The lowest BCUT2D eigenvalue weighted by molar-refractivity contribution is -0.129. The maximum atomic E-state index is 12.8. The topological polar surface area (TPSA) is 62.5 Å². The lowest BCUT2D eigenvalue weighted by Gasteiger charge is -2.17. The monoisotopic (exact) mass is 394 g/mol. The molecule has 154 valence electrons. The summed E-state index contributed by atoms with van der Waals surface area (Å²) in [5.74, 6) is 0.202. The van der Waals surface area contributed by atoms with Gasteiger partial charge in [-0.3, -0.25) is 9.59 Å². The number of β-amino-alcohol motifs (C(OH)–C–C–N with tert-alkyl or cyclic N) is 1. The molecule has 1 aliphatic heterocycles. The molecule has 0 radical (unpaired) electrons. The van der Waals surface area contributed by atoms with Gasteiger partial charge in [-0.1, -0.05) is 30.3 Å². The smallest absolute Gasteiger partial charge is 0.227 e. The van der Waals surface area contributed by atoms with E-state index in [4.69, 9.17) is 0 Å². The van der Waals surface area contributed by atoms with Gasteiger partial charge in [0.2, 0.25) is 5.91 Å². The number of aryl methyl sites for hydroxylation is 1. The van der Waals surface area contributed by atoms with Crippen LogP contribution in [0.25, 0.3) is 0 Å². The molecule has 0 bridgehead atoms. The second-order valence-corrected chi connectivity index (χ2v) is 8.36. The number of benzene rings is 1. The Bertz CT molecular complexity index is 901. The molecule has 29 heavy (non-hydrogen) atoms. The second kappa shape index (κ2) is 8.54. The van der Waals surface area contributed by atoms with Crippen molar-refractivity contribution in [2.24, 2.45) is 0 Å². The van der Waals surface area contributed by atoms with Crippen molar-refractivity contribution in [2.45, 2.75) is 64.5 Å². The number of hydrogen-bond donors (Lipinski definition) is 1. The normalized spacial score (nSPS) is 18.9. The van der Waals surface area contributed by atoms with Gasteiger partial charge in [-0.25, -0.2) is 0 Å². The second-order valence-electron chi connectivity index (χ2n) is 8.36. The number of amides is 1. The number of Topliss-reactive ketones (excluding diaryl/α,β-unsaturated/α-hetero) is 1. The molecule has 1 amide bonds. The molecule has 1 N–H and O–H groups in total. The molecular weight excluding hydrogens is 364 g/mol. The van der Waals surface area contributed by atoms with E-state index >= 15 is 0 Å². The van der Waals surface area contributed by atoms with E-state index in [-0.39, 0.29) is 18.1 Å². The molecule has 2 aromatic rings. The van der Waals surface area contributed by atoms with E-state index in [1.165, 1.54) is 5.56 Å². The summed E-state index contributed by atoms with van der Waals surface area (Å²) >= 11 is 0. The van der Waals surface area contributed by atoms with E-state index in [0.29, 0.717) is 25.9 Å². The Hall–Kier alpha value is -2.40. The average Bonchev–Trinajstić information content (AvgIpc) is 3.26. The number of likely N-dealkylation sites (tertiary alicyclic amines) is 1. The van der Waals surface area contributed by atoms with Crippen molar-refractivity contribution in [1.29, 1.82) is 0 Å². The molecule has 5 heteroatoms. The Kier molecular flexibility index (Phi) is 5.86. The summed E-state index contributed by atoms with van der Waals surface area (Å²) in [5.41, 5.74) is 5.23. The number of aliphatic hydroxyl groups is 1. The number of aliphatic hydroxyl groups excluding tert-OH is 1. The largest absolute Gasteiger partial charge is 0.391 e. The number of carbonyl (C=O) groups excluding carboxylic acids is 2. The third-order valence-electron chi connectivity index (χ3n) is 6.39. The molecule has 2 heterocycles. The van der Waals surface area contributed by atoms with Crippen molar-refractivity contribution in [2.75, 3.05) is 13.1 Å². The van der Waals surface area contributed by atoms with E-state index in [1.807, 2.05) is 6.07 Å². The number of ketones is 1. The predicted octanol–water partition coefficient (Wildman–Crippen LogP) is 3.08. The highest BCUT2D eigenvalue weighted by atomic mass is 16.3. The summed E-state index contributed by atoms with van der Waals surface area (Å²) in [6.45, 7) is 3.93. The van der Waals surface area contributed by atoms with Gasteiger partial charge in [0.1, 0.15) is 0 Å².